The topological polar surface area (TPSA) is 17.8 Å². The monoisotopic (exact) mass is 232 g/mol. The number of halogens is 1. The van der Waals surface area contributed by atoms with Gasteiger partial charge in [0.15, 0.2) is 0 Å². The van der Waals surface area contributed by atoms with Gasteiger partial charge in [-0.3, -0.25) is 0 Å². The molecular weight excluding hydrogens is 220 g/mol. The highest BCUT2D eigenvalue weighted by atomic mass is 35.5. The van der Waals surface area contributed by atoms with Gasteiger partial charge in [-0.1, -0.05) is 18.2 Å². The fraction of sp³-hybridized carbons (Fsp3) is 0.308. The predicted octanol–water partition coefficient (Wildman–Crippen LogP) is 3.56. The number of para-hydroxylation sites is 1. The predicted molar refractivity (Wildman–Crippen MR) is 64.9 cm³/mol. The molecule has 16 heavy (non-hydrogen) atoms. The molecule has 1 aromatic carbocycles. The van der Waals surface area contributed by atoms with Crippen molar-refractivity contribution in [3.05, 3.63) is 48.3 Å². The van der Waals surface area contributed by atoms with E-state index in [1.54, 1.807) is 0 Å². The van der Waals surface area contributed by atoms with E-state index in [9.17, 15) is 0 Å². The summed E-state index contributed by atoms with van der Waals surface area (Å²) < 4.78 is 1.88. The van der Waals surface area contributed by atoms with E-state index < -0.39 is 0 Å². The third kappa shape index (κ3) is 1.85. The molecule has 0 spiro atoms. The Labute approximate surface area is 99.9 Å². The first-order valence-electron chi connectivity index (χ1n) is 5.58. The summed E-state index contributed by atoms with van der Waals surface area (Å²) in [4.78, 5) is 0. The van der Waals surface area contributed by atoms with Gasteiger partial charge in [-0.25, -0.2) is 4.68 Å². The van der Waals surface area contributed by atoms with Crippen molar-refractivity contribution < 1.29 is 0 Å². The molecule has 0 aliphatic heterocycles. The molecule has 0 radical (unpaired) electrons. The zero-order valence-electron chi connectivity index (χ0n) is 8.88. The number of rotatable bonds is 3. The highest BCUT2D eigenvalue weighted by Gasteiger charge is 2.31. The number of aromatic nitrogens is 2. The van der Waals surface area contributed by atoms with Gasteiger partial charge in [0.25, 0.3) is 0 Å². The first-order chi connectivity index (χ1) is 7.84. The summed E-state index contributed by atoms with van der Waals surface area (Å²) >= 11 is 6.35. The molecule has 1 atom stereocenters. The second-order valence-corrected chi connectivity index (χ2v) is 4.76. The average molecular weight is 233 g/mol. The molecule has 0 bridgehead atoms. The van der Waals surface area contributed by atoms with Gasteiger partial charge in [-0.05, 0) is 30.9 Å². The van der Waals surface area contributed by atoms with Gasteiger partial charge in [-0.15, -0.1) is 11.6 Å². The van der Waals surface area contributed by atoms with Crippen LogP contribution in [0.2, 0.25) is 0 Å². The summed E-state index contributed by atoms with van der Waals surface area (Å²) in [6.45, 7) is 0. The molecule has 0 saturated heterocycles. The lowest BCUT2D eigenvalue weighted by molar-refractivity contribution is 0.796. The Bertz CT molecular complexity index is 474. The van der Waals surface area contributed by atoms with E-state index in [0.29, 0.717) is 5.92 Å². The fourth-order valence-corrected chi connectivity index (χ4v) is 2.23. The summed E-state index contributed by atoms with van der Waals surface area (Å²) in [6.07, 6.45) is 6.42. The summed E-state index contributed by atoms with van der Waals surface area (Å²) in [7, 11) is 0. The first kappa shape index (κ1) is 9.91. The van der Waals surface area contributed by atoms with E-state index in [2.05, 4.69) is 5.10 Å². The van der Waals surface area contributed by atoms with Crippen molar-refractivity contribution in [2.75, 3.05) is 0 Å². The van der Waals surface area contributed by atoms with Crippen LogP contribution in [0.25, 0.3) is 5.69 Å². The van der Waals surface area contributed by atoms with Crippen LogP contribution in [0.5, 0.6) is 0 Å². The van der Waals surface area contributed by atoms with Gasteiger partial charge in [0.2, 0.25) is 0 Å². The maximum absolute atomic E-state index is 6.35. The van der Waals surface area contributed by atoms with E-state index in [1.807, 2.05) is 47.4 Å². The smallest absolute Gasteiger partial charge is 0.0645 e. The van der Waals surface area contributed by atoms with Gasteiger partial charge in [0, 0.05) is 11.8 Å². The largest absolute Gasteiger partial charge is 0.241 e. The Balaban J connectivity index is 1.87. The van der Waals surface area contributed by atoms with Crippen LogP contribution in [0.15, 0.2) is 42.7 Å². The summed E-state index contributed by atoms with van der Waals surface area (Å²) in [5.41, 5.74) is 2.21. The van der Waals surface area contributed by atoms with Crippen LogP contribution < -0.4 is 0 Å². The third-order valence-electron chi connectivity index (χ3n) is 2.98. The molecular formula is C13H13ClN2. The molecule has 1 aliphatic rings. The zero-order chi connectivity index (χ0) is 11.0. The van der Waals surface area contributed by atoms with Crippen molar-refractivity contribution in [3.8, 4) is 5.69 Å². The Morgan fingerprint density at radius 1 is 1.25 bits per heavy atom. The van der Waals surface area contributed by atoms with Crippen LogP contribution in [-0.4, -0.2) is 9.78 Å². The molecule has 3 heteroatoms. The highest BCUT2D eigenvalue weighted by Crippen LogP contribution is 2.44. The maximum atomic E-state index is 6.35. The molecule has 3 rings (SSSR count). The molecule has 1 fully saturated rings. The maximum Gasteiger partial charge on any atom is 0.0645 e. The minimum absolute atomic E-state index is 0.137. The van der Waals surface area contributed by atoms with Crippen molar-refractivity contribution in [2.24, 2.45) is 5.92 Å². The van der Waals surface area contributed by atoms with Crippen LogP contribution in [0, 0.1) is 5.92 Å². The summed E-state index contributed by atoms with van der Waals surface area (Å²) in [5, 5.41) is 4.49. The number of nitrogens with zero attached hydrogens (tertiary/aromatic N) is 2. The molecule has 1 saturated carbocycles. The van der Waals surface area contributed by atoms with Crippen molar-refractivity contribution in [1.82, 2.24) is 9.78 Å². The lowest BCUT2D eigenvalue weighted by Crippen LogP contribution is -1.93. The lowest BCUT2D eigenvalue weighted by Gasteiger charge is -2.03. The van der Waals surface area contributed by atoms with Gasteiger partial charge in [0.1, 0.15) is 0 Å². The molecule has 0 amide bonds. The normalized spacial score (nSPS) is 17.3. The van der Waals surface area contributed by atoms with Crippen LogP contribution in [0.1, 0.15) is 23.8 Å². The van der Waals surface area contributed by atoms with E-state index >= 15 is 0 Å². The van der Waals surface area contributed by atoms with Crippen LogP contribution in [0.3, 0.4) is 0 Å². The fourth-order valence-electron chi connectivity index (χ4n) is 1.86. The quantitative estimate of drug-likeness (QED) is 0.740. The number of benzene rings is 1. The van der Waals surface area contributed by atoms with Gasteiger partial charge >= 0.3 is 0 Å². The Hall–Kier alpha value is -1.28. The van der Waals surface area contributed by atoms with Crippen LogP contribution in [-0.2, 0) is 0 Å². The Morgan fingerprint density at radius 3 is 2.69 bits per heavy atom. The molecule has 1 aromatic heterocycles. The SMILES string of the molecule is ClC(c1cnn(-c2ccccc2)c1)C1CC1. The number of hydrogen-bond donors (Lipinski definition) is 0. The molecule has 82 valence electrons. The Morgan fingerprint density at radius 2 is 2.00 bits per heavy atom. The second kappa shape index (κ2) is 3.95. The van der Waals surface area contributed by atoms with Crippen molar-refractivity contribution in [3.63, 3.8) is 0 Å². The van der Waals surface area contributed by atoms with E-state index in [-0.39, 0.29) is 5.38 Å². The van der Waals surface area contributed by atoms with Gasteiger partial charge < -0.3 is 0 Å². The average Bonchev–Trinajstić information content (AvgIpc) is 3.07. The molecule has 0 N–H and O–H groups in total. The van der Waals surface area contributed by atoms with Crippen LogP contribution in [0.4, 0.5) is 0 Å². The lowest BCUT2D eigenvalue weighted by atomic mass is 10.2. The molecule has 1 unspecified atom stereocenters. The second-order valence-electron chi connectivity index (χ2n) is 4.29. The summed E-state index contributed by atoms with van der Waals surface area (Å²) in [5.74, 6) is 0.662. The Kier molecular flexibility index (Phi) is 2.44. The van der Waals surface area contributed by atoms with Gasteiger partial charge in [-0.2, -0.15) is 5.10 Å². The van der Waals surface area contributed by atoms with Crippen molar-refractivity contribution in [2.45, 2.75) is 18.2 Å². The van der Waals surface area contributed by atoms with E-state index in [0.717, 1.165) is 11.3 Å². The zero-order valence-corrected chi connectivity index (χ0v) is 9.64. The number of hydrogen-bond acceptors (Lipinski definition) is 1. The molecule has 2 nitrogen and oxygen atoms in total. The van der Waals surface area contributed by atoms with Crippen molar-refractivity contribution in [1.29, 1.82) is 0 Å². The number of alkyl halides is 1. The van der Waals surface area contributed by atoms with Crippen LogP contribution >= 0.6 is 11.6 Å². The van der Waals surface area contributed by atoms with Crippen molar-refractivity contribution >= 4 is 11.6 Å². The third-order valence-corrected chi connectivity index (χ3v) is 3.59. The minimum atomic E-state index is 0.137. The molecule has 2 aromatic rings. The summed E-state index contributed by atoms with van der Waals surface area (Å²) in [6, 6.07) is 10.1. The standard InChI is InChI=1S/C13H13ClN2/c14-13(10-6-7-10)11-8-15-16(9-11)12-4-2-1-3-5-12/h1-5,8-10,13H,6-7H2. The van der Waals surface area contributed by atoms with E-state index in [1.165, 1.54) is 12.8 Å². The van der Waals surface area contributed by atoms with E-state index in [4.69, 9.17) is 11.6 Å². The minimum Gasteiger partial charge on any atom is -0.241 e. The highest BCUT2D eigenvalue weighted by molar-refractivity contribution is 6.21. The molecule has 1 heterocycles. The molecule has 1 aliphatic carbocycles. The van der Waals surface area contributed by atoms with Gasteiger partial charge in [0.05, 0.1) is 17.3 Å². The first-order valence-corrected chi connectivity index (χ1v) is 6.02.